The summed E-state index contributed by atoms with van der Waals surface area (Å²) in [6, 6.07) is 8.74. The van der Waals surface area contributed by atoms with Crippen molar-refractivity contribution in [3.05, 3.63) is 62.3 Å². The fourth-order valence-corrected chi connectivity index (χ4v) is 5.14. The van der Waals surface area contributed by atoms with Crippen LogP contribution in [0.15, 0.2) is 35.3 Å². The Morgan fingerprint density at radius 3 is 2.80 bits per heavy atom. The van der Waals surface area contributed by atoms with Crippen molar-refractivity contribution in [1.82, 2.24) is 4.57 Å². The molecule has 4 rings (SSSR count). The maximum absolute atomic E-state index is 12.8. The molecular weight excluding hydrogens is 402 g/mol. The molecule has 0 aliphatic heterocycles. The highest BCUT2D eigenvalue weighted by Crippen LogP contribution is 2.38. The first-order valence-electron chi connectivity index (χ1n) is 9.58. The second-order valence-corrected chi connectivity index (χ2v) is 8.19. The zero-order chi connectivity index (χ0) is 21.3. The van der Waals surface area contributed by atoms with Crippen LogP contribution in [0.5, 0.6) is 0 Å². The molecule has 2 heterocycles. The highest BCUT2D eigenvalue weighted by atomic mass is 32.1. The van der Waals surface area contributed by atoms with Crippen LogP contribution in [-0.4, -0.2) is 23.6 Å². The zero-order valence-corrected chi connectivity index (χ0v) is 17.2. The lowest BCUT2D eigenvalue weighted by atomic mass is 9.95. The lowest BCUT2D eigenvalue weighted by molar-refractivity contribution is -0.116. The number of hydrogen-bond acceptors (Lipinski definition) is 6. The number of methoxy groups -OCH3 is 1. The third kappa shape index (κ3) is 3.48. The van der Waals surface area contributed by atoms with Gasteiger partial charge in [0.25, 0.3) is 0 Å². The summed E-state index contributed by atoms with van der Waals surface area (Å²) in [6.45, 7) is -0.0986. The zero-order valence-electron chi connectivity index (χ0n) is 16.4. The molecule has 152 valence electrons. The molecule has 0 fully saturated rings. The van der Waals surface area contributed by atoms with E-state index >= 15 is 0 Å². The number of hydrogen-bond donors (Lipinski definition) is 1. The molecule has 7 nitrogen and oxygen atoms in total. The van der Waals surface area contributed by atoms with Gasteiger partial charge in [-0.15, -0.1) is 11.3 Å². The molecule has 0 unspecified atom stereocenters. The van der Waals surface area contributed by atoms with Crippen LogP contribution in [0.25, 0.3) is 10.9 Å². The summed E-state index contributed by atoms with van der Waals surface area (Å²) in [6.07, 6.45) is 5.13. The van der Waals surface area contributed by atoms with Crippen LogP contribution in [0.3, 0.4) is 0 Å². The van der Waals surface area contributed by atoms with Crippen LogP contribution in [0, 0.1) is 11.3 Å². The number of nitrogens with one attached hydrogen (secondary N) is 1. The van der Waals surface area contributed by atoms with Gasteiger partial charge in [0.2, 0.25) is 11.3 Å². The largest absolute Gasteiger partial charge is 0.465 e. The van der Waals surface area contributed by atoms with E-state index < -0.39 is 5.97 Å². The summed E-state index contributed by atoms with van der Waals surface area (Å²) in [5, 5.41) is 13.0. The smallest absolute Gasteiger partial charge is 0.341 e. The third-order valence-corrected chi connectivity index (χ3v) is 6.44. The monoisotopic (exact) mass is 421 g/mol. The van der Waals surface area contributed by atoms with Crippen molar-refractivity contribution in [3.63, 3.8) is 0 Å². The number of amides is 1. The number of esters is 1. The molecule has 1 N–H and O–H groups in total. The van der Waals surface area contributed by atoms with Crippen LogP contribution < -0.4 is 10.7 Å². The van der Waals surface area contributed by atoms with Crippen LogP contribution in [0.2, 0.25) is 0 Å². The van der Waals surface area contributed by atoms with Gasteiger partial charge in [0.05, 0.1) is 18.2 Å². The van der Waals surface area contributed by atoms with E-state index in [2.05, 4.69) is 5.32 Å². The molecule has 2 aromatic heterocycles. The predicted octanol–water partition coefficient (Wildman–Crippen LogP) is 3.24. The summed E-state index contributed by atoms with van der Waals surface area (Å²) in [5.74, 6) is -0.804. The third-order valence-electron chi connectivity index (χ3n) is 5.24. The molecule has 0 radical (unpaired) electrons. The van der Waals surface area contributed by atoms with E-state index in [1.165, 1.54) is 24.6 Å². The minimum Gasteiger partial charge on any atom is -0.465 e. The first-order valence-corrected chi connectivity index (χ1v) is 10.4. The van der Waals surface area contributed by atoms with Crippen molar-refractivity contribution in [3.8, 4) is 6.07 Å². The quantitative estimate of drug-likeness (QED) is 0.652. The first-order chi connectivity index (χ1) is 14.5. The molecule has 3 aromatic rings. The Bertz CT molecular complexity index is 1270. The number of pyridine rings is 1. The molecule has 1 aliphatic rings. The van der Waals surface area contributed by atoms with E-state index in [4.69, 9.17) is 4.74 Å². The Morgan fingerprint density at radius 2 is 2.03 bits per heavy atom. The van der Waals surface area contributed by atoms with Gasteiger partial charge in [-0.3, -0.25) is 9.59 Å². The number of para-hydroxylation sites is 1. The molecule has 1 aromatic carbocycles. The van der Waals surface area contributed by atoms with E-state index in [1.807, 2.05) is 6.07 Å². The van der Waals surface area contributed by atoms with Gasteiger partial charge in [-0.05, 0) is 43.4 Å². The Labute approximate surface area is 176 Å². The number of carbonyl (C=O) groups excluding carboxylic acids is 2. The number of thiophene rings is 1. The molecular formula is C22H19N3O4S. The number of fused-ring (bicyclic) bond motifs is 2. The van der Waals surface area contributed by atoms with E-state index in [1.54, 1.807) is 28.8 Å². The van der Waals surface area contributed by atoms with E-state index in [9.17, 15) is 19.6 Å². The van der Waals surface area contributed by atoms with Gasteiger partial charge in [0.1, 0.15) is 23.2 Å². The molecule has 0 saturated heterocycles. The summed E-state index contributed by atoms with van der Waals surface area (Å²) in [7, 11) is 1.33. The average Bonchev–Trinajstić information content (AvgIpc) is 3.12. The number of benzene rings is 1. The van der Waals surface area contributed by atoms with E-state index in [0.29, 0.717) is 21.5 Å². The molecule has 1 amide bonds. The highest BCUT2D eigenvalue weighted by Gasteiger charge is 2.27. The lowest BCUT2D eigenvalue weighted by Gasteiger charge is -2.13. The minimum absolute atomic E-state index is 0.0247. The van der Waals surface area contributed by atoms with Crippen molar-refractivity contribution >= 4 is 39.1 Å². The van der Waals surface area contributed by atoms with Crippen LogP contribution in [-0.2, 0) is 28.9 Å². The second-order valence-electron chi connectivity index (χ2n) is 7.08. The molecule has 0 spiro atoms. The van der Waals surface area contributed by atoms with E-state index in [-0.39, 0.29) is 23.4 Å². The van der Waals surface area contributed by atoms with Crippen LogP contribution in [0.4, 0.5) is 5.00 Å². The van der Waals surface area contributed by atoms with Crippen molar-refractivity contribution in [2.24, 2.45) is 0 Å². The van der Waals surface area contributed by atoms with Gasteiger partial charge in [0.15, 0.2) is 0 Å². The average molecular weight is 421 g/mol. The molecule has 0 saturated carbocycles. The number of rotatable bonds is 4. The lowest BCUT2D eigenvalue weighted by Crippen LogP contribution is -2.22. The number of anilines is 1. The molecule has 30 heavy (non-hydrogen) atoms. The fourth-order valence-electron chi connectivity index (χ4n) is 3.85. The number of nitrogens with zero attached hydrogens (tertiary/aromatic N) is 2. The van der Waals surface area contributed by atoms with Crippen LogP contribution >= 0.6 is 11.3 Å². The second kappa shape index (κ2) is 8.13. The predicted molar refractivity (Wildman–Crippen MR) is 114 cm³/mol. The Morgan fingerprint density at radius 1 is 1.27 bits per heavy atom. The fraction of sp³-hybridized carbons (Fsp3) is 0.273. The number of aryl methyl sites for hydroxylation is 1. The van der Waals surface area contributed by atoms with Gasteiger partial charge in [-0.25, -0.2) is 4.79 Å². The maximum Gasteiger partial charge on any atom is 0.341 e. The number of aromatic nitrogens is 1. The van der Waals surface area contributed by atoms with Gasteiger partial charge < -0.3 is 14.6 Å². The van der Waals surface area contributed by atoms with E-state index in [0.717, 1.165) is 36.1 Å². The molecule has 0 atom stereocenters. The Kier molecular flexibility index (Phi) is 5.38. The van der Waals surface area contributed by atoms with Crippen molar-refractivity contribution in [2.75, 3.05) is 12.4 Å². The van der Waals surface area contributed by atoms with Gasteiger partial charge in [0, 0.05) is 16.5 Å². The Hall–Kier alpha value is -3.44. The maximum atomic E-state index is 12.8. The minimum atomic E-state index is -0.453. The van der Waals surface area contributed by atoms with Crippen molar-refractivity contribution in [2.45, 2.75) is 32.2 Å². The molecule has 1 aliphatic carbocycles. The summed E-state index contributed by atoms with van der Waals surface area (Å²) in [5.41, 5.74) is 1.59. The molecule has 0 bridgehead atoms. The Balaban J connectivity index is 1.68. The highest BCUT2D eigenvalue weighted by molar-refractivity contribution is 7.17. The van der Waals surface area contributed by atoms with Gasteiger partial charge in [-0.1, -0.05) is 12.1 Å². The topological polar surface area (TPSA) is 101 Å². The SMILES string of the molecule is COC(=O)c1c(NC(=O)Cn2cc(C#N)c(=O)c3ccccc32)sc2c1CCCC2. The number of nitriles is 1. The van der Waals surface area contributed by atoms with Gasteiger partial charge >= 0.3 is 5.97 Å². The van der Waals surface area contributed by atoms with Crippen molar-refractivity contribution in [1.29, 1.82) is 5.26 Å². The van der Waals surface area contributed by atoms with Crippen molar-refractivity contribution < 1.29 is 14.3 Å². The number of carbonyl (C=O) groups is 2. The standard InChI is InChI=1S/C22H19N3O4S/c1-29-22(28)19-15-7-3-5-9-17(15)30-21(19)24-18(26)12-25-11-13(10-23)20(27)14-6-2-4-8-16(14)25/h2,4,6,8,11H,3,5,7,9,12H2,1H3,(H,24,26). The summed E-state index contributed by atoms with van der Waals surface area (Å²) < 4.78 is 6.52. The summed E-state index contributed by atoms with van der Waals surface area (Å²) in [4.78, 5) is 38.7. The van der Waals surface area contributed by atoms with Crippen LogP contribution in [0.1, 0.15) is 39.2 Å². The number of ether oxygens (including phenoxy) is 1. The first kappa shape index (κ1) is 19.9. The summed E-state index contributed by atoms with van der Waals surface area (Å²) >= 11 is 1.41. The normalized spacial score (nSPS) is 12.8. The van der Waals surface area contributed by atoms with Gasteiger partial charge in [-0.2, -0.15) is 5.26 Å². The molecule has 8 heteroatoms.